The van der Waals surface area contributed by atoms with Gasteiger partial charge in [0.1, 0.15) is 6.61 Å². The molecule has 22 heavy (non-hydrogen) atoms. The zero-order valence-corrected chi connectivity index (χ0v) is 13.7. The van der Waals surface area contributed by atoms with Crippen molar-refractivity contribution in [2.24, 2.45) is 0 Å². The first-order valence-corrected chi connectivity index (χ1v) is 7.49. The Kier molecular flexibility index (Phi) is 5.44. The zero-order chi connectivity index (χ0) is 16.2. The van der Waals surface area contributed by atoms with E-state index in [0.29, 0.717) is 25.7 Å². The molecular formula is C15H24BNO5. The van der Waals surface area contributed by atoms with Crippen LogP contribution < -0.4 is 10.2 Å². The van der Waals surface area contributed by atoms with Crippen molar-refractivity contribution in [3.05, 3.63) is 18.3 Å². The summed E-state index contributed by atoms with van der Waals surface area (Å²) in [6, 6.07) is 3.67. The second kappa shape index (κ2) is 6.96. The highest BCUT2D eigenvalue weighted by molar-refractivity contribution is 6.62. The molecule has 1 fully saturated rings. The summed E-state index contributed by atoms with van der Waals surface area (Å²) >= 11 is 0. The van der Waals surface area contributed by atoms with Crippen LogP contribution in [0.15, 0.2) is 18.3 Å². The summed E-state index contributed by atoms with van der Waals surface area (Å²) < 4.78 is 22.5. The Bertz CT molecular complexity index is 461. The van der Waals surface area contributed by atoms with Crippen molar-refractivity contribution >= 4 is 12.6 Å². The molecule has 1 aliphatic rings. The van der Waals surface area contributed by atoms with Crippen molar-refractivity contribution < 1.29 is 23.9 Å². The van der Waals surface area contributed by atoms with Crippen LogP contribution in [0.25, 0.3) is 0 Å². The van der Waals surface area contributed by atoms with E-state index < -0.39 is 7.12 Å². The third-order valence-corrected chi connectivity index (χ3v) is 4.00. The molecule has 0 spiro atoms. The number of rotatable bonds is 7. The van der Waals surface area contributed by atoms with Crippen molar-refractivity contribution in [3.63, 3.8) is 0 Å². The predicted molar refractivity (Wildman–Crippen MR) is 83.4 cm³/mol. The number of hydrogen-bond donors (Lipinski definition) is 1. The fraction of sp³-hybridized carbons (Fsp3) is 0.667. The topological polar surface area (TPSA) is 70.0 Å². The SMILES string of the molecule is CC1(C)OB(c2ccc(OCCOCCO)nc2)OC1(C)C. The summed E-state index contributed by atoms with van der Waals surface area (Å²) in [6.45, 7) is 9.21. The van der Waals surface area contributed by atoms with Gasteiger partial charge in [-0.05, 0) is 33.8 Å². The summed E-state index contributed by atoms with van der Waals surface area (Å²) in [5.41, 5.74) is 0.135. The van der Waals surface area contributed by atoms with Gasteiger partial charge in [0, 0.05) is 11.7 Å². The maximum atomic E-state index is 8.59. The third kappa shape index (κ3) is 3.98. The number of aliphatic hydroxyl groups excluding tert-OH is 1. The molecule has 0 radical (unpaired) electrons. The van der Waals surface area contributed by atoms with E-state index in [1.54, 1.807) is 12.3 Å². The maximum absolute atomic E-state index is 8.59. The van der Waals surface area contributed by atoms with Crippen LogP contribution in [0, 0.1) is 0 Å². The summed E-state index contributed by atoms with van der Waals surface area (Å²) in [5.74, 6) is 0.521. The summed E-state index contributed by atoms with van der Waals surface area (Å²) in [6.07, 6.45) is 1.70. The van der Waals surface area contributed by atoms with Crippen molar-refractivity contribution in [2.75, 3.05) is 26.4 Å². The molecular weight excluding hydrogens is 285 g/mol. The first-order chi connectivity index (χ1) is 10.4. The Labute approximate surface area is 131 Å². The lowest BCUT2D eigenvalue weighted by Gasteiger charge is -2.32. The Morgan fingerprint density at radius 2 is 1.77 bits per heavy atom. The normalized spacial score (nSPS) is 19.4. The standard InChI is InChI=1S/C15H24BNO5/c1-14(2)15(3,4)22-16(21-14)12-5-6-13(17-11-12)20-10-9-19-8-7-18/h5-6,11,18H,7-10H2,1-4H3. The highest BCUT2D eigenvalue weighted by Crippen LogP contribution is 2.36. The van der Waals surface area contributed by atoms with Crippen LogP contribution in [0.5, 0.6) is 5.88 Å². The van der Waals surface area contributed by atoms with E-state index in [2.05, 4.69) is 4.98 Å². The third-order valence-electron chi connectivity index (χ3n) is 4.00. The molecule has 0 aliphatic carbocycles. The van der Waals surface area contributed by atoms with Gasteiger partial charge < -0.3 is 23.9 Å². The molecule has 0 saturated carbocycles. The second-order valence-electron chi connectivity index (χ2n) is 6.20. The molecule has 1 saturated heterocycles. The highest BCUT2D eigenvalue weighted by atomic mass is 16.7. The monoisotopic (exact) mass is 309 g/mol. The van der Waals surface area contributed by atoms with Gasteiger partial charge in [-0.1, -0.05) is 6.07 Å². The largest absolute Gasteiger partial charge is 0.496 e. The van der Waals surface area contributed by atoms with Crippen LogP contribution in [-0.2, 0) is 14.0 Å². The smallest absolute Gasteiger partial charge is 0.475 e. The fourth-order valence-electron chi connectivity index (χ4n) is 1.97. The summed E-state index contributed by atoms with van der Waals surface area (Å²) in [5, 5.41) is 8.59. The summed E-state index contributed by atoms with van der Waals surface area (Å²) in [4.78, 5) is 4.25. The van der Waals surface area contributed by atoms with Gasteiger partial charge >= 0.3 is 7.12 Å². The predicted octanol–water partition coefficient (Wildman–Crippen LogP) is 0.768. The molecule has 2 rings (SSSR count). The first-order valence-electron chi connectivity index (χ1n) is 7.49. The molecule has 1 aliphatic heterocycles. The highest BCUT2D eigenvalue weighted by Gasteiger charge is 2.51. The van der Waals surface area contributed by atoms with Gasteiger partial charge in [0.2, 0.25) is 5.88 Å². The van der Waals surface area contributed by atoms with Crippen molar-refractivity contribution in [2.45, 2.75) is 38.9 Å². The van der Waals surface area contributed by atoms with Crippen LogP contribution >= 0.6 is 0 Å². The van der Waals surface area contributed by atoms with Crippen molar-refractivity contribution in [1.82, 2.24) is 4.98 Å². The lowest BCUT2D eigenvalue weighted by Crippen LogP contribution is -2.41. The van der Waals surface area contributed by atoms with E-state index in [1.807, 2.05) is 33.8 Å². The van der Waals surface area contributed by atoms with Crippen molar-refractivity contribution in [1.29, 1.82) is 0 Å². The van der Waals surface area contributed by atoms with Gasteiger partial charge in [-0.25, -0.2) is 4.98 Å². The molecule has 2 heterocycles. The Morgan fingerprint density at radius 3 is 2.32 bits per heavy atom. The molecule has 1 N–H and O–H groups in total. The van der Waals surface area contributed by atoms with Gasteiger partial charge in [0.25, 0.3) is 0 Å². The minimum Gasteiger partial charge on any atom is -0.475 e. The molecule has 0 bridgehead atoms. The fourth-order valence-corrected chi connectivity index (χ4v) is 1.97. The number of aliphatic hydroxyl groups is 1. The number of pyridine rings is 1. The van der Waals surface area contributed by atoms with E-state index in [1.165, 1.54) is 0 Å². The molecule has 6 nitrogen and oxygen atoms in total. The number of hydrogen-bond acceptors (Lipinski definition) is 6. The minimum absolute atomic E-state index is 0.0149. The van der Waals surface area contributed by atoms with E-state index in [4.69, 9.17) is 23.9 Å². The maximum Gasteiger partial charge on any atom is 0.496 e. The van der Waals surface area contributed by atoms with Gasteiger partial charge in [0.05, 0.1) is 31.0 Å². The molecule has 7 heteroatoms. The van der Waals surface area contributed by atoms with Crippen LogP contribution in [0.1, 0.15) is 27.7 Å². The Hall–Kier alpha value is -1.15. The average molecular weight is 309 g/mol. The first kappa shape index (κ1) is 17.2. The molecule has 0 amide bonds. The molecule has 0 aromatic carbocycles. The Morgan fingerprint density at radius 1 is 1.09 bits per heavy atom. The van der Waals surface area contributed by atoms with Crippen LogP contribution in [0.2, 0.25) is 0 Å². The zero-order valence-electron chi connectivity index (χ0n) is 13.7. The average Bonchev–Trinajstić information content (AvgIpc) is 2.68. The van der Waals surface area contributed by atoms with E-state index in [-0.39, 0.29) is 17.8 Å². The van der Waals surface area contributed by atoms with Crippen molar-refractivity contribution in [3.8, 4) is 5.88 Å². The van der Waals surface area contributed by atoms with Gasteiger partial charge in [0.15, 0.2) is 0 Å². The Balaban J connectivity index is 1.87. The van der Waals surface area contributed by atoms with Gasteiger partial charge in [-0.15, -0.1) is 0 Å². The minimum atomic E-state index is -0.417. The lowest BCUT2D eigenvalue weighted by molar-refractivity contribution is 0.00578. The molecule has 1 aromatic heterocycles. The second-order valence-corrected chi connectivity index (χ2v) is 6.20. The van der Waals surface area contributed by atoms with Gasteiger partial charge in [-0.2, -0.15) is 0 Å². The van der Waals surface area contributed by atoms with Crippen LogP contribution in [-0.4, -0.2) is 54.8 Å². The number of nitrogens with zero attached hydrogens (tertiary/aromatic N) is 1. The molecule has 0 atom stereocenters. The van der Waals surface area contributed by atoms with Crippen LogP contribution in [0.4, 0.5) is 0 Å². The van der Waals surface area contributed by atoms with Crippen LogP contribution in [0.3, 0.4) is 0 Å². The van der Waals surface area contributed by atoms with E-state index >= 15 is 0 Å². The number of aromatic nitrogens is 1. The summed E-state index contributed by atoms with van der Waals surface area (Å²) in [7, 11) is -0.417. The van der Waals surface area contributed by atoms with Gasteiger partial charge in [-0.3, -0.25) is 0 Å². The molecule has 1 aromatic rings. The van der Waals surface area contributed by atoms with E-state index in [9.17, 15) is 0 Å². The number of ether oxygens (including phenoxy) is 2. The molecule has 122 valence electrons. The lowest BCUT2D eigenvalue weighted by atomic mass is 9.80. The van der Waals surface area contributed by atoms with E-state index in [0.717, 1.165) is 5.46 Å². The molecule has 0 unspecified atom stereocenters. The quantitative estimate of drug-likeness (QED) is 0.592.